The third-order valence-corrected chi connectivity index (χ3v) is 5.19. The number of carbonyl (C=O) groups excluding carboxylic acids is 2. The third kappa shape index (κ3) is 3.84. The van der Waals surface area contributed by atoms with E-state index in [4.69, 9.17) is 9.47 Å². The number of hydrogen-bond acceptors (Lipinski definition) is 6. The van der Waals surface area contributed by atoms with E-state index in [1.54, 1.807) is 0 Å². The summed E-state index contributed by atoms with van der Waals surface area (Å²) >= 11 is 0. The first-order valence-corrected chi connectivity index (χ1v) is 8.76. The lowest BCUT2D eigenvalue weighted by Crippen LogP contribution is -2.48. The first-order chi connectivity index (χ1) is 12.5. The van der Waals surface area contributed by atoms with Gasteiger partial charge in [0.25, 0.3) is 0 Å². The van der Waals surface area contributed by atoms with Gasteiger partial charge in [-0.05, 0) is 50.2 Å². The molecule has 142 valence electrons. The quantitative estimate of drug-likeness (QED) is 0.746. The van der Waals surface area contributed by atoms with Crippen molar-refractivity contribution >= 4 is 11.9 Å². The van der Waals surface area contributed by atoms with E-state index in [-0.39, 0.29) is 11.7 Å². The Labute approximate surface area is 153 Å². The molecular weight excluding hydrogens is 336 g/mol. The summed E-state index contributed by atoms with van der Waals surface area (Å²) < 4.78 is 10.0. The Bertz CT molecular complexity index is 657. The molecule has 0 aliphatic heterocycles. The number of carbonyl (C=O) groups is 2. The molecule has 0 saturated heterocycles. The number of methoxy groups -OCH3 is 2. The molecule has 6 heteroatoms. The second-order valence-electron chi connectivity index (χ2n) is 6.56. The highest BCUT2D eigenvalue weighted by atomic mass is 16.5. The maximum atomic E-state index is 13.0. The second kappa shape index (κ2) is 8.74. The van der Waals surface area contributed by atoms with E-state index < -0.39 is 29.0 Å². The largest absolute Gasteiger partial charge is 0.504 e. The lowest BCUT2D eigenvalue weighted by atomic mass is 9.61. The summed E-state index contributed by atoms with van der Waals surface area (Å²) in [5.41, 5.74) is -1.43. The van der Waals surface area contributed by atoms with Gasteiger partial charge < -0.3 is 19.7 Å². The van der Waals surface area contributed by atoms with Gasteiger partial charge in [-0.15, -0.1) is 0 Å². The minimum absolute atomic E-state index is 0.297. The van der Waals surface area contributed by atoms with Crippen LogP contribution < -0.4 is 0 Å². The molecular formula is C20H26O6. The van der Waals surface area contributed by atoms with Gasteiger partial charge in [0.15, 0.2) is 11.5 Å². The average molecular weight is 362 g/mol. The Morgan fingerprint density at radius 3 is 2.46 bits per heavy atom. The van der Waals surface area contributed by atoms with Crippen molar-refractivity contribution in [2.75, 3.05) is 14.2 Å². The fourth-order valence-corrected chi connectivity index (χ4v) is 3.88. The molecule has 0 amide bonds. The molecule has 2 N–H and O–H groups in total. The highest BCUT2D eigenvalue weighted by Crippen LogP contribution is 2.48. The standard InChI is InChI=1S/C20H26O6/c1-25-18(23)15-11-8-12-16(21)17(22)13-20(15,19(24)26-2)14-9-6-4-3-5-7-10-14/h3-6,12-15,21-22H,7-11H2,1-2H3/b5-3-,6-4-,16-12+,17-13+. The summed E-state index contributed by atoms with van der Waals surface area (Å²) in [6, 6.07) is 0. The van der Waals surface area contributed by atoms with Crippen LogP contribution in [0.1, 0.15) is 32.1 Å². The first kappa shape index (κ1) is 19.8. The molecule has 0 spiro atoms. The number of hydrogen-bond donors (Lipinski definition) is 2. The van der Waals surface area contributed by atoms with Gasteiger partial charge in [-0.25, -0.2) is 0 Å². The summed E-state index contributed by atoms with van der Waals surface area (Å²) in [7, 11) is 2.54. The Hall–Kier alpha value is -2.50. The van der Waals surface area contributed by atoms with Crippen molar-refractivity contribution < 1.29 is 29.3 Å². The van der Waals surface area contributed by atoms with Crippen LogP contribution in [0.2, 0.25) is 0 Å². The number of aliphatic hydroxyl groups is 2. The minimum Gasteiger partial charge on any atom is -0.504 e. The zero-order chi connectivity index (χ0) is 19.2. The highest BCUT2D eigenvalue weighted by molar-refractivity contribution is 5.88. The van der Waals surface area contributed by atoms with Crippen molar-refractivity contribution in [1.29, 1.82) is 0 Å². The number of ether oxygens (including phenoxy) is 2. The van der Waals surface area contributed by atoms with Gasteiger partial charge in [-0.2, -0.15) is 0 Å². The summed E-state index contributed by atoms with van der Waals surface area (Å²) in [5.74, 6) is -3.00. The maximum Gasteiger partial charge on any atom is 0.316 e. The molecule has 0 radical (unpaired) electrons. The molecule has 3 unspecified atom stereocenters. The van der Waals surface area contributed by atoms with E-state index in [0.29, 0.717) is 25.7 Å². The van der Waals surface area contributed by atoms with Crippen molar-refractivity contribution in [3.63, 3.8) is 0 Å². The van der Waals surface area contributed by atoms with Crippen molar-refractivity contribution in [2.45, 2.75) is 32.1 Å². The number of esters is 2. The molecule has 0 aromatic rings. The van der Waals surface area contributed by atoms with Crippen molar-refractivity contribution in [1.82, 2.24) is 0 Å². The summed E-state index contributed by atoms with van der Waals surface area (Å²) in [4.78, 5) is 25.6. The number of aliphatic hydroxyl groups excluding tert-OH is 2. The Balaban J connectivity index is 2.67. The SMILES string of the molecule is COC(=O)C1CC/C=C(O)\C(O)=C/C1(C(=O)OC)C1C/C=C\C=C/CC1. The fourth-order valence-electron chi connectivity index (χ4n) is 3.88. The predicted octanol–water partition coefficient (Wildman–Crippen LogP) is 3.53. The van der Waals surface area contributed by atoms with Crippen LogP contribution in [0.15, 0.2) is 48.0 Å². The smallest absolute Gasteiger partial charge is 0.316 e. The summed E-state index contributed by atoms with van der Waals surface area (Å²) in [6.45, 7) is 0. The van der Waals surface area contributed by atoms with Crippen LogP contribution in [-0.2, 0) is 19.1 Å². The monoisotopic (exact) mass is 362 g/mol. The van der Waals surface area contributed by atoms with Crippen LogP contribution in [0.3, 0.4) is 0 Å². The van der Waals surface area contributed by atoms with Crippen LogP contribution in [0, 0.1) is 17.3 Å². The van der Waals surface area contributed by atoms with Crippen LogP contribution in [0.25, 0.3) is 0 Å². The molecule has 6 nitrogen and oxygen atoms in total. The van der Waals surface area contributed by atoms with Crippen molar-refractivity contribution in [2.24, 2.45) is 17.3 Å². The molecule has 0 fully saturated rings. The summed E-state index contributed by atoms with van der Waals surface area (Å²) in [5, 5.41) is 20.3. The van der Waals surface area contributed by atoms with E-state index in [1.165, 1.54) is 26.4 Å². The molecule has 0 aromatic carbocycles. The molecule has 26 heavy (non-hydrogen) atoms. The van der Waals surface area contributed by atoms with Crippen LogP contribution in [0.4, 0.5) is 0 Å². The maximum absolute atomic E-state index is 13.0. The fraction of sp³-hybridized carbons (Fsp3) is 0.500. The van der Waals surface area contributed by atoms with Gasteiger partial charge in [0.2, 0.25) is 0 Å². The Kier molecular flexibility index (Phi) is 6.66. The predicted molar refractivity (Wildman–Crippen MR) is 96.2 cm³/mol. The molecule has 2 aliphatic carbocycles. The van der Waals surface area contributed by atoms with Crippen LogP contribution in [-0.4, -0.2) is 36.4 Å². The summed E-state index contributed by atoms with van der Waals surface area (Å²) in [6.07, 6.45) is 13.0. The molecule has 0 heterocycles. The number of rotatable bonds is 3. The molecule has 0 saturated carbocycles. The van der Waals surface area contributed by atoms with Gasteiger partial charge in [-0.1, -0.05) is 24.3 Å². The zero-order valence-electron chi connectivity index (χ0n) is 15.2. The number of allylic oxidation sites excluding steroid dienone is 5. The Morgan fingerprint density at radius 2 is 1.77 bits per heavy atom. The third-order valence-electron chi connectivity index (χ3n) is 5.19. The first-order valence-electron chi connectivity index (χ1n) is 8.76. The Morgan fingerprint density at radius 1 is 1.04 bits per heavy atom. The molecule has 0 aromatic heterocycles. The lowest BCUT2D eigenvalue weighted by Gasteiger charge is -2.41. The van der Waals surface area contributed by atoms with E-state index in [0.717, 1.165) is 6.42 Å². The van der Waals surface area contributed by atoms with Crippen LogP contribution in [0.5, 0.6) is 0 Å². The zero-order valence-corrected chi connectivity index (χ0v) is 15.2. The van der Waals surface area contributed by atoms with Gasteiger partial charge in [0.05, 0.1) is 20.1 Å². The normalized spacial score (nSPS) is 35.8. The van der Waals surface area contributed by atoms with Crippen molar-refractivity contribution in [3.8, 4) is 0 Å². The van der Waals surface area contributed by atoms with E-state index >= 15 is 0 Å². The molecule has 0 bridgehead atoms. The molecule has 2 aliphatic rings. The van der Waals surface area contributed by atoms with Gasteiger partial charge in [-0.3, -0.25) is 9.59 Å². The molecule has 2 rings (SSSR count). The van der Waals surface area contributed by atoms with Gasteiger partial charge >= 0.3 is 11.9 Å². The van der Waals surface area contributed by atoms with Crippen molar-refractivity contribution in [3.05, 3.63) is 48.0 Å². The average Bonchev–Trinajstić information content (AvgIpc) is 2.61. The second-order valence-corrected chi connectivity index (χ2v) is 6.56. The van der Waals surface area contributed by atoms with Gasteiger partial charge in [0.1, 0.15) is 5.41 Å². The molecule has 3 atom stereocenters. The topological polar surface area (TPSA) is 93.1 Å². The van der Waals surface area contributed by atoms with E-state index in [2.05, 4.69) is 0 Å². The highest BCUT2D eigenvalue weighted by Gasteiger charge is 2.54. The van der Waals surface area contributed by atoms with Crippen LogP contribution >= 0.6 is 0 Å². The van der Waals surface area contributed by atoms with E-state index in [1.807, 2.05) is 24.3 Å². The van der Waals surface area contributed by atoms with E-state index in [9.17, 15) is 19.8 Å². The minimum atomic E-state index is -1.43. The van der Waals surface area contributed by atoms with Gasteiger partial charge in [0, 0.05) is 0 Å². The lowest BCUT2D eigenvalue weighted by molar-refractivity contribution is -0.167.